The number of phenolic OH excluding ortho intramolecular Hbond substituents is 1. The second-order valence-electron chi connectivity index (χ2n) is 3.39. The first-order valence-electron chi connectivity index (χ1n) is 5.15. The van der Waals surface area contributed by atoms with Crippen LogP contribution in [0, 0.1) is 0 Å². The van der Waals surface area contributed by atoms with E-state index in [0.29, 0.717) is 30.6 Å². The summed E-state index contributed by atoms with van der Waals surface area (Å²) >= 11 is 0. The summed E-state index contributed by atoms with van der Waals surface area (Å²) in [6, 6.07) is 7.01. The van der Waals surface area contributed by atoms with Crippen molar-refractivity contribution in [3.63, 3.8) is 0 Å². The number of phenols is 1. The lowest BCUT2D eigenvalue weighted by molar-refractivity contribution is 0.210. The molecule has 0 atom stereocenters. The van der Waals surface area contributed by atoms with Crippen LogP contribution in [0.1, 0.15) is 0 Å². The highest BCUT2D eigenvalue weighted by Gasteiger charge is 2.08. The quantitative estimate of drug-likeness (QED) is 0.764. The van der Waals surface area contributed by atoms with Gasteiger partial charge >= 0.3 is 6.01 Å². The molecule has 0 radical (unpaired) electrons. The maximum absolute atomic E-state index is 9.34. The standard InChI is InChI=1S/C11H13N3O3/c1-16-6-5-12-11-13-10(14-17-11)8-3-2-4-9(15)7-8/h2-4,7,15H,5-6H2,1H3,(H,12,13,14). The van der Waals surface area contributed by atoms with Gasteiger partial charge in [-0.25, -0.2) is 0 Å². The van der Waals surface area contributed by atoms with Gasteiger partial charge < -0.3 is 19.7 Å². The van der Waals surface area contributed by atoms with Gasteiger partial charge in [0.2, 0.25) is 5.82 Å². The molecule has 1 heterocycles. The minimum absolute atomic E-state index is 0.168. The van der Waals surface area contributed by atoms with E-state index in [1.54, 1.807) is 31.4 Å². The Morgan fingerprint density at radius 3 is 3.12 bits per heavy atom. The van der Waals surface area contributed by atoms with E-state index in [0.717, 1.165) is 0 Å². The van der Waals surface area contributed by atoms with Gasteiger partial charge in [-0.05, 0) is 12.1 Å². The van der Waals surface area contributed by atoms with E-state index >= 15 is 0 Å². The van der Waals surface area contributed by atoms with Crippen molar-refractivity contribution >= 4 is 6.01 Å². The van der Waals surface area contributed by atoms with Crippen molar-refractivity contribution in [3.05, 3.63) is 24.3 Å². The lowest BCUT2D eigenvalue weighted by Crippen LogP contribution is -2.07. The van der Waals surface area contributed by atoms with E-state index in [1.165, 1.54) is 0 Å². The summed E-state index contributed by atoms with van der Waals surface area (Å²) in [6.45, 7) is 1.15. The summed E-state index contributed by atoms with van der Waals surface area (Å²) in [6.07, 6.45) is 0. The maximum Gasteiger partial charge on any atom is 0.321 e. The Kier molecular flexibility index (Phi) is 3.56. The largest absolute Gasteiger partial charge is 0.508 e. The molecule has 0 spiro atoms. The van der Waals surface area contributed by atoms with E-state index < -0.39 is 0 Å². The number of nitrogens with one attached hydrogen (secondary N) is 1. The molecule has 0 saturated heterocycles. The number of nitrogens with zero attached hydrogens (tertiary/aromatic N) is 2. The summed E-state index contributed by atoms with van der Waals surface area (Å²) in [5.41, 5.74) is 0.702. The first kappa shape index (κ1) is 11.4. The average molecular weight is 235 g/mol. The van der Waals surface area contributed by atoms with Crippen LogP contribution in [-0.2, 0) is 4.74 Å². The monoisotopic (exact) mass is 235 g/mol. The molecule has 0 fully saturated rings. The van der Waals surface area contributed by atoms with E-state index in [4.69, 9.17) is 9.26 Å². The van der Waals surface area contributed by atoms with Crippen molar-refractivity contribution in [1.82, 2.24) is 10.1 Å². The lowest BCUT2D eigenvalue weighted by Gasteiger charge is -1.97. The summed E-state index contributed by atoms with van der Waals surface area (Å²) < 4.78 is 9.88. The van der Waals surface area contributed by atoms with Gasteiger partial charge in [-0.1, -0.05) is 17.3 Å². The number of aromatic hydroxyl groups is 1. The third kappa shape index (κ3) is 2.94. The zero-order valence-corrected chi connectivity index (χ0v) is 9.38. The number of benzene rings is 1. The fourth-order valence-electron chi connectivity index (χ4n) is 1.32. The second kappa shape index (κ2) is 5.31. The van der Waals surface area contributed by atoms with Gasteiger partial charge in [0.1, 0.15) is 5.75 Å². The normalized spacial score (nSPS) is 10.4. The summed E-state index contributed by atoms with van der Waals surface area (Å²) in [5.74, 6) is 0.599. The highest BCUT2D eigenvalue weighted by atomic mass is 16.5. The van der Waals surface area contributed by atoms with Crippen LogP contribution in [0.25, 0.3) is 11.4 Å². The molecule has 2 aromatic rings. The fourth-order valence-corrected chi connectivity index (χ4v) is 1.32. The first-order chi connectivity index (χ1) is 8.29. The molecule has 17 heavy (non-hydrogen) atoms. The van der Waals surface area contributed by atoms with Gasteiger partial charge in [-0.2, -0.15) is 4.98 Å². The number of anilines is 1. The molecule has 90 valence electrons. The first-order valence-corrected chi connectivity index (χ1v) is 5.15. The minimum Gasteiger partial charge on any atom is -0.508 e. The Bertz CT molecular complexity index is 484. The number of ether oxygens (including phenoxy) is 1. The van der Waals surface area contributed by atoms with Crippen molar-refractivity contribution in [2.24, 2.45) is 0 Å². The molecular weight excluding hydrogens is 222 g/mol. The molecule has 0 aliphatic heterocycles. The molecule has 2 rings (SSSR count). The molecular formula is C11H13N3O3. The third-order valence-corrected chi connectivity index (χ3v) is 2.11. The molecule has 2 N–H and O–H groups in total. The van der Waals surface area contributed by atoms with Gasteiger partial charge in [0.05, 0.1) is 6.61 Å². The third-order valence-electron chi connectivity index (χ3n) is 2.11. The Balaban J connectivity index is 2.07. The van der Waals surface area contributed by atoms with E-state index in [-0.39, 0.29) is 5.75 Å². The fraction of sp³-hybridized carbons (Fsp3) is 0.273. The molecule has 6 heteroatoms. The molecule has 0 aliphatic rings. The zero-order valence-electron chi connectivity index (χ0n) is 9.38. The molecule has 0 bridgehead atoms. The zero-order chi connectivity index (χ0) is 12.1. The van der Waals surface area contributed by atoms with Gasteiger partial charge in [0, 0.05) is 19.2 Å². The molecule has 0 aliphatic carbocycles. The second-order valence-corrected chi connectivity index (χ2v) is 3.39. The van der Waals surface area contributed by atoms with Crippen LogP contribution in [0.2, 0.25) is 0 Å². The Morgan fingerprint density at radius 1 is 1.47 bits per heavy atom. The summed E-state index contributed by atoms with van der Waals surface area (Å²) in [5, 5.41) is 16.1. The number of aromatic nitrogens is 2. The van der Waals surface area contributed by atoms with Crippen LogP contribution in [0.15, 0.2) is 28.8 Å². The van der Waals surface area contributed by atoms with Crippen molar-refractivity contribution in [1.29, 1.82) is 0 Å². The molecule has 1 aromatic carbocycles. The predicted molar refractivity (Wildman–Crippen MR) is 61.8 cm³/mol. The smallest absolute Gasteiger partial charge is 0.321 e. The average Bonchev–Trinajstić information content (AvgIpc) is 2.78. The summed E-state index contributed by atoms with van der Waals surface area (Å²) in [7, 11) is 1.62. The van der Waals surface area contributed by atoms with Gasteiger partial charge in [0.15, 0.2) is 0 Å². The summed E-state index contributed by atoms with van der Waals surface area (Å²) in [4.78, 5) is 4.14. The SMILES string of the molecule is COCCNc1nc(-c2cccc(O)c2)no1. The van der Waals surface area contributed by atoms with Crippen molar-refractivity contribution in [2.45, 2.75) is 0 Å². The molecule has 0 saturated carbocycles. The van der Waals surface area contributed by atoms with Crippen LogP contribution in [-0.4, -0.2) is 35.5 Å². The van der Waals surface area contributed by atoms with E-state index in [9.17, 15) is 5.11 Å². The van der Waals surface area contributed by atoms with Crippen molar-refractivity contribution in [2.75, 3.05) is 25.6 Å². The highest BCUT2D eigenvalue weighted by Crippen LogP contribution is 2.21. The number of rotatable bonds is 5. The molecule has 0 unspecified atom stereocenters. The molecule has 0 amide bonds. The molecule has 6 nitrogen and oxygen atoms in total. The van der Waals surface area contributed by atoms with Crippen LogP contribution in [0.5, 0.6) is 5.75 Å². The van der Waals surface area contributed by atoms with Crippen LogP contribution in [0.3, 0.4) is 0 Å². The number of hydrogen-bond donors (Lipinski definition) is 2. The van der Waals surface area contributed by atoms with Gasteiger partial charge in [-0.3, -0.25) is 0 Å². The Hall–Kier alpha value is -2.08. The number of methoxy groups -OCH3 is 1. The Labute approximate surface area is 98.2 Å². The van der Waals surface area contributed by atoms with Crippen molar-refractivity contribution in [3.8, 4) is 17.1 Å². The van der Waals surface area contributed by atoms with Crippen LogP contribution >= 0.6 is 0 Å². The van der Waals surface area contributed by atoms with Crippen LogP contribution in [0.4, 0.5) is 6.01 Å². The van der Waals surface area contributed by atoms with E-state index in [2.05, 4.69) is 15.5 Å². The van der Waals surface area contributed by atoms with Crippen LogP contribution < -0.4 is 5.32 Å². The lowest BCUT2D eigenvalue weighted by atomic mass is 10.2. The van der Waals surface area contributed by atoms with Gasteiger partial charge in [0.25, 0.3) is 0 Å². The minimum atomic E-state index is 0.168. The maximum atomic E-state index is 9.34. The van der Waals surface area contributed by atoms with E-state index in [1.807, 2.05) is 0 Å². The van der Waals surface area contributed by atoms with Crippen molar-refractivity contribution < 1.29 is 14.4 Å². The topological polar surface area (TPSA) is 80.4 Å². The highest BCUT2D eigenvalue weighted by molar-refractivity contribution is 5.57. The van der Waals surface area contributed by atoms with Gasteiger partial charge in [-0.15, -0.1) is 0 Å². The predicted octanol–water partition coefficient (Wildman–Crippen LogP) is 1.50. The Morgan fingerprint density at radius 2 is 2.35 bits per heavy atom. The number of hydrogen-bond acceptors (Lipinski definition) is 6. The molecule has 1 aromatic heterocycles.